The van der Waals surface area contributed by atoms with E-state index in [0.717, 1.165) is 14.8 Å². The highest BCUT2D eigenvalue weighted by molar-refractivity contribution is 9.11. The molecule has 0 N–H and O–H groups in total. The third kappa shape index (κ3) is 2.03. The molecule has 1 saturated heterocycles. The number of halogens is 1. The lowest BCUT2D eigenvalue weighted by molar-refractivity contribution is 0.00578. The third-order valence-electron chi connectivity index (χ3n) is 3.73. The first-order valence-corrected chi connectivity index (χ1v) is 7.35. The van der Waals surface area contributed by atoms with Crippen molar-refractivity contribution in [2.75, 3.05) is 0 Å². The average Bonchev–Trinajstić information content (AvgIpc) is 2.63. The van der Waals surface area contributed by atoms with Crippen LogP contribution < -0.4 is 5.46 Å². The van der Waals surface area contributed by atoms with Crippen molar-refractivity contribution in [1.29, 1.82) is 5.26 Å². The quantitative estimate of drug-likeness (QED) is 0.745. The molecule has 1 fully saturated rings. The van der Waals surface area contributed by atoms with Gasteiger partial charge in [-0.1, -0.05) is 0 Å². The van der Waals surface area contributed by atoms with E-state index in [4.69, 9.17) is 9.31 Å². The topological polar surface area (TPSA) is 42.2 Å². The Labute approximate surface area is 120 Å². The van der Waals surface area contributed by atoms with Crippen LogP contribution in [0.2, 0.25) is 0 Å². The summed E-state index contributed by atoms with van der Waals surface area (Å²) in [6.45, 7) is 10.0. The maximum atomic E-state index is 9.21. The molecule has 2 heterocycles. The maximum Gasteiger partial charge on any atom is 0.497 e. The van der Waals surface area contributed by atoms with Crippen LogP contribution in [0.25, 0.3) is 0 Å². The standard InChI is InChI=1S/C12H15BBrNO2S/c1-7-9(8(6-15)18-10(7)14)13-16-11(2,3)12(4,5)17-13/h1-5H3. The second kappa shape index (κ2) is 4.34. The molecule has 0 atom stereocenters. The van der Waals surface area contributed by atoms with Gasteiger partial charge in [-0.25, -0.2) is 0 Å². The van der Waals surface area contributed by atoms with Gasteiger partial charge in [0, 0.05) is 5.46 Å². The van der Waals surface area contributed by atoms with Gasteiger partial charge in [0.05, 0.1) is 15.0 Å². The largest absolute Gasteiger partial charge is 0.497 e. The Morgan fingerprint density at radius 3 is 2.17 bits per heavy atom. The molecular formula is C12H15BBrNO2S. The summed E-state index contributed by atoms with van der Waals surface area (Å²) in [5.74, 6) is 0. The van der Waals surface area contributed by atoms with E-state index in [1.54, 1.807) is 0 Å². The van der Waals surface area contributed by atoms with Crippen molar-refractivity contribution < 1.29 is 9.31 Å². The van der Waals surface area contributed by atoms with Crippen LogP contribution in [0.5, 0.6) is 0 Å². The summed E-state index contributed by atoms with van der Waals surface area (Å²) in [5.41, 5.74) is 1.11. The maximum absolute atomic E-state index is 9.21. The zero-order chi connectivity index (χ0) is 13.7. The number of hydrogen-bond acceptors (Lipinski definition) is 4. The van der Waals surface area contributed by atoms with Crippen LogP contribution in [0.15, 0.2) is 3.79 Å². The van der Waals surface area contributed by atoms with E-state index in [2.05, 4.69) is 22.0 Å². The highest BCUT2D eigenvalue weighted by atomic mass is 79.9. The van der Waals surface area contributed by atoms with Gasteiger partial charge in [0.15, 0.2) is 0 Å². The fourth-order valence-electron chi connectivity index (χ4n) is 1.83. The number of rotatable bonds is 1. The molecular weight excluding hydrogens is 313 g/mol. The summed E-state index contributed by atoms with van der Waals surface area (Å²) >= 11 is 4.89. The molecule has 0 unspecified atom stereocenters. The van der Waals surface area contributed by atoms with Gasteiger partial charge in [-0.3, -0.25) is 0 Å². The van der Waals surface area contributed by atoms with Crippen LogP contribution in [0, 0.1) is 18.3 Å². The number of nitriles is 1. The Bertz CT molecular complexity index is 517. The van der Waals surface area contributed by atoms with Crippen LogP contribution in [-0.4, -0.2) is 18.3 Å². The first-order chi connectivity index (χ1) is 8.19. The van der Waals surface area contributed by atoms with E-state index in [-0.39, 0.29) is 11.2 Å². The van der Waals surface area contributed by atoms with E-state index >= 15 is 0 Å². The summed E-state index contributed by atoms with van der Waals surface area (Å²) < 4.78 is 13.0. The van der Waals surface area contributed by atoms with Gasteiger partial charge < -0.3 is 9.31 Å². The molecule has 18 heavy (non-hydrogen) atoms. The first-order valence-electron chi connectivity index (χ1n) is 5.74. The van der Waals surface area contributed by atoms with E-state index < -0.39 is 7.12 Å². The highest BCUT2D eigenvalue weighted by Crippen LogP contribution is 2.38. The Balaban J connectivity index is 2.45. The molecule has 0 spiro atoms. The van der Waals surface area contributed by atoms with Gasteiger partial charge in [-0.2, -0.15) is 5.26 Å². The molecule has 0 amide bonds. The minimum atomic E-state index is -0.466. The average molecular weight is 328 g/mol. The van der Waals surface area contributed by atoms with Crippen molar-refractivity contribution in [3.05, 3.63) is 14.2 Å². The molecule has 6 heteroatoms. The normalized spacial score (nSPS) is 21.1. The van der Waals surface area contributed by atoms with Gasteiger partial charge >= 0.3 is 7.12 Å². The zero-order valence-electron chi connectivity index (χ0n) is 11.1. The lowest BCUT2D eigenvalue weighted by Gasteiger charge is -2.32. The lowest BCUT2D eigenvalue weighted by Crippen LogP contribution is -2.41. The second-order valence-corrected chi connectivity index (χ2v) is 7.78. The van der Waals surface area contributed by atoms with Gasteiger partial charge in [-0.15, -0.1) is 11.3 Å². The van der Waals surface area contributed by atoms with E-state index in [1.807, 2.05) is 34.6 Å². The number of hydrogen-bond donors (Lipinski definition) is 0. The van der Waals surface area contributed by atoms with E-state index in [1.165, 1.54) is 11.3 Å². The van der Waals surface area contributed by atoms with Crippen LogP contribution in [0.1, 0.15) is 38.1 Å². The molecule has 0 bridgehead atoms. The van der Waals surface area contributed by atoms with Crippen LogP contribution in [0.4, 0.5) is 0 Å². The molecule has 1 aliphatic heterocycles. The second-order valence-electron chi connectivity index (χ2n) is 5.44. The SMILES string of the molecule is Cc1c(Br)sc(C#N)c1B1OC(C)(C)C(C)(C)O1. The summed E-state index contributed by atoms with van der Waals surface area (Å²) in [5, 5.41) is 9.21. The number of thiophene rings is 1. The molecule has 0 radical (unpaired) electrons. The van der Waals surface area contributed by atoms with Crippen LogP contribution in [-0.2, 0) is 9.31 Å². The van der Waals surface area contributed by atoms with Gasteiger partial charge in [0.25, 0.3) is 0 Å². The van der Waals surface area contributed by atoms with Gasteiger partial charge in [-0.05, 0) is 56.1 Å². The summed E-state index contributed by atoms with van der Waals surface area (Å²) in [6.07, 6.45) is 0. The van der Waals surface area contributed by atoms with Crippen LogP contribution >= 0.6 is 27.3 Å². The fraction of sp³-hybridized carbons (Fsp3) is 0.583. The Kier molecular flexibility index (Phi) is 3.40. The Hall–Kier alpha value is -0.345. The monoisotopic (exact) mass is 327 g/mol. The molecule has 1 aliphatic rings. The van der Waals surface area contributed by atoms with Crippen molar-refractivity contribution >= 4 is 39.8 Å². The van der Waals surface area contributed by atoms with Crippen LogP contribution in [0.3, 0.4) is 0 Å². The highest BCUT2D eigenvalue weighted by Gasteiger charge is 2.53. The molecule has 2 rings (SSSR count). The summed E-state index contributed by atoms with van der Waals surface area (Å²) in [6, 6.07) is 2.22. The molecule has 0 aliphatic carbocycles. The van der Waals surface area contributed by atoms with Crippen molar-refractivity contribution in [3.8, 4) is 6.07 Å². The zero-order valence-corrected chi connectivity index (χ0v) is 13.5. The van der Waals surface area contributed by atoms with Crippen molar-refractivity contribution in [2.45, 2.75) is 45.8 Å². The fourth-order valence-corrected chi connectivity index (χ4v) is 3.37. The van der Waals surface area contributed by atoms with E-state index in [0.29, 0.717) is 4.88 Å². The number of nitrogens with zero attached hydrogens (tertiary/aromatic N) is 1. The smallest absolute Gasteiger partial charge is 0.399 e. The van der Waals surface area contributed by atoms with E-state index in [9.17, 15) is 5.26 Å². The van der Waals surface area contributed by atoms with Gasteiger partial charge in [0.2, 0.25) is 0 Å². The molecule has 1 aromatic heterocycles. The van der Waals surface area contributed by atoms with Gasteiger partial charge in [0.1, 0.15) is 10.9 Å². The van der Waals surface area contributed by atoms with Crippen molar-refractivity contribution in [3.63, 3.8) is 0 Å². The Morgan fingerprint density at radius 1 is 1.22 bits per heavy atom. The third-order valence-corrected chi connectivity index (χ3v) is 5.81. The first kappa shape index (κ1) is 14.1. The minimum Gasteiger partial charge on any atom is -0.399 e. The predicted octanol–water partition coefficient (Wildman–Crippen LogP) is 2.99. The summed E-state index contributed by atoms with van der Waals surface area (Å²) in [4.78, 5) is 0.651. The predicted molar refractivity (Wildman–Crippen MR) is 77.2 cm³/mol. The molecule has 3 nitrogen and oxygen atoms in total. The summed E-state index contributed by atoms with van der Waals surface area (Å²) in [7, 11) is -0.466. The molecule has 0 saturated carbocycles. The Morgan fingerprint density at radius 2 is 1.72 bits per heavy atom. The molecule has 1 aromatic rings. The van der Waals surface area contributed by atoms with Crippen molar-refractivity contribution in [2.24, 2.45) is 0 Å². The lowest BCUT2D eigenvalue weighted by atomic mass is 9.77. The minimum absolute atomic E-state index is 0.384. The molecule has 96 valence electrons. The van der Waals surface area contributed by atoms with Crippen molar-refractivity contribution in [1.82, 2.24) is 0 Å². The molecule has 0 aromatic carbocycles.